The van der Waals surface area contributed by atoms with Crippen molar-refractivity contribution in [2.75, 3.05) is 38.5 Å². The largest absolute Gasteiger partial charge is 0.383 e. The molecule has 0 spiro atoms. The lowest BCUT2D eigenvalue weighted by Gasteiger charge is -2.33. The minimum absolute atomic E-state index is 0.0247. The molecule has 3 aromatic rings. The van der Waals surface area contributed by atoms with E-state index >= 15 is 0 Å². The molecule has 2 aliphatic rings. The van der Waals surface area contributed by atoms with Crippen molar-refractivity contribution in [2.45, 2.75) is 38.4 Å². The van der Waals surface area contributed by atoms with Crippen LogP contribution < -0.4 is 11.1 Å². The predicted molar refractivity (Wildman–Crippen MR) is 133 cm³/mol. The Hall–Kier alpha value is -3.30. The maximum Gasteiger partial charge on any atom is 0.246 e. The Morgan fingerprint density at radius 2 is 2.09 bits per heavy atom. The van der Waals surface area contributed by atoms with Crippen molar-refractivity contribution in [1.29, 1.82) is 0 Å². The van der Waals surface area contributed by atoms with Crippen molar-refractivity contribution in [3.63, 3.8) is 0 Å². The summed E-state index contributed by atoms with van der Waals surface area (Å²) in [6.07, 6.45) is 4.67. The number of likely N-dealkylation sites (tertiary alicyclic amines) is 1. The van der Waals surface area contributed by atoms with Gasteiger partial charge in [-0.1, -0.05) is 30.8 Å². The van der Waals surface area contributed by atoms with Gasteiger partial charge in [0.15, 0.2) is 5.65 Å². The van der Waals surface area contributed by atoms with Gasteiger partial charge in [0.1, 0.15) is 17.8 Å². The van der Waals surface area contributed by atoms with E-state index in [1.165, 1.54) is 18.0 Å². The molecule has 2 aliphatic heterocycles. The molecule has 3 N–H and O–H groups in total. The van der Waals surface area contributed by atoms with Crippen LogP contribution in [0, 0.1) is 0 Å². The average Bonchev–Trinajstić information content (AvgIpc) is 3.26. The van der Waals surface area contributed by atoms with Crippen LogP contribution in [-0.2, 0) is 11.3 Å². The molecular weight excluding hydrogens is 428 g/mol. The number of rotatable bonds is 5. The number of hydrogen-bond acceptors (Lipinski definition) is 7. The Balaban J connectivity index is 1.46. The number of nitrogens with zero attached hydrogens (tertiary/aromatic N) is 6. The lowest BCUT2D eigenvalue weighted by atomic mass is 10.1. The van der Waals surface area contributed by atoms with Crippen LogP contribution in [0.3, 0.4) is 0 Å². The van der Waals surface area contributed by atoms with Gasteiger partial charge in [0.25, 0.3) is 0 Å². The summed E-state index contributed by atoms with van der Waals surface area (Å²) in [6.45, 7) is 11.2. The van der Waals surface area contributed by atoms with Crippen molar-refractivity contribution in [3.05, 3.63) is 48.8 Å². The van der Waals surface area contributed by atoms with E-state index in [1.54, 1.807) is 0 Å². The molecule has 0 saturated carbocycles. The zero-order chi connectivity index (χ0) is 23.7. The molecule has 5 rings (SSSR count). The number of amides is 1. The normalized spacial score (nSPS) is 21.6. The molecule has 2 fully saturated rings. The number of nitrogens with two attached hydrogens (primary N) is 1. The van der Waals surface area contributed by atoms with Crippen LogP contribution >= 0.6 is 0 Å². The van der Waals surface area contributed by atoms with Crippen LogP contribution in [0.15, 0.2) is 43.2 Å². The minimum atomic E-state index is -0.0510. The summed E-state index contributed by atoms with van der Waals surface area (Å²) in [5.74, 6) is 0.365. The summed E-state index contributed by atoms with van der Waals surface area (Å²) in [4.78, 5) is 25.3. The van der Waals surface area contributed by atoms with Gasteiger partial charge in [-0.3, -0.25) is 9.69 Å². The molecule has 0 radical (unpaired) electrons. The number of anilines is 1. The zero-order valence-corrected chi connectivity index (χ0v) is 19.7. The Kier molecular flexibility index (Phi) is 6.30. The highest BCUT2D eigenvalue weighted by Crippen LogP contribution is 2.34. The van der Waals surface area contributed by atoms with Crippen LogP contribution in [0.25, 0.3) is 22.3 Å². The summed E-state index contributed by atoms with van der Waals surface area (Å²) >= 11 is 0. The Labute approximate surface area is 199 Å². The van der Waals surface area contributed by atoms with Crippen LogP contribution in [-0.4, -0.2) is 74.2 Å². The molecule has 2 atom stereocenters. The second kappa shape index (κ2) is 9.52. The third-order valence-corrected chi connectivity index (χ3v) is 7.00. The summed E-state index contributed by atoms with van der Waals surface area (Å²) in [7, 11) is 0. The van der Waals surface area contributed by atoms with Crippen molar-refractivity contribution in [1.82, 2.24) is 34.9 Å². The molecule has 9 nitrogen and oxygen atoms in total. The van der Waals surface area contributed by atoms with Crippen LogP contribution in [0.4, 0.5) is 5.82 Å². The Morgan fingerprint density at radius 3 is 2.85 bits per heavy atom. The average molecular weight is 461 g/mol. The van der Waals surface area contributed by atoms with E-state index in [0.717, 1.165) is 62.2 Å². The first-order chi connectivity index (χ1) is 16.5. The Morgan fingerprint density at radius 1 is 1.26 bits per heavy atom. The number of benzene rings is 1. The first kappa shape index (κ1) is 22.5. The number of aromatic nitrogens is 4. The molecule has 34 heavy (non-hydrogen) atoms. The minimum Gasteiger partial charge on any atom is -0.383 e. The molecule has 0 aliphatic carbocycles. The van der Waals surface area contributed by atoms with Gasteiger partial charge < -0.3 is 16.0 Å². The fraction of sp³-hybridized carbons (Fsp3) is 0.440. The first-order valence-corrected chi connectivity index (χ1v) is 12.0. The zero-order valence-electron chi connectivity index (χ0n) is 19.7. The second-order valence-electron chi connectivity index (χ2n) is 9.26. The van der Waals surface area contributed by atoms with E-state index in [-0.39, 0.29) is 11.9 Å². The molecule has 2 aromatic heterocycles. The number of carbonyl (C=O) groups excluding carboxylic acids is 1. The van der Waals surface area contributed by atoms with Gasteiger partial charge in [-0.15, -0.1) is 0 Å². The topological polar surface area (TPSA) is 105 Å². The second-order valence-corrected chi connectivity index (χ2v) is 9.26. The van der Waals surface area contributed by atoms with Crippen LogP contribution in [0.2, 0.25) is 0 Å². The summed E-state index contributed by atoms with van der Waals surface area (Å²) < 4.78 is 1.93. The molecule has 4 heterocycles. The number of nitrogen functional groups attached to an aromatic ring is 1. The smallest absolute Gasteiger partial charge is 0.246 e. The third-order valence-electron chi connectivity index (χ3n) is 7.00. The maximum atomic E-state index is 12.2. The van der Waals surface area contributed by atoms with Gasteiger partial charge in [-0.25, -0.2) is 14.6 Å². The molecule has 1 aromatic carbocycles. The van der Waals surface area contributed by atoms with E-state index in [2.05, 4.69) is 58.0 Å². The highest BCUT2D eigenvalue weighted by atomic mass is 16.2. The number of hydrogen-bond donors (Lipinski definition) is 2. The van der Waals surface area contributed by atoms with Crippen molar-refractivity contribution in [3.8, 4) is 11.3 Å². The number of piperazine rings is 1. The van der Waals surface area contributed by atoms with E-state index in [4.69, 9.17) is 10.8 Å². The lowest BCUT2D eigenvalue weighted by Crippen LogP contribution is -2.49. The fourth-order valence-corrected chi connectivity index (χ4v) is 5.06. The summed E-state index contributed by atoms with van der Waals surface area (Å²) in [5.41, 5.74) is 10.1. The number of piperidine rings is 1. The quantitative estimate of drug-likeness (QED) is 0.563. The number of nitrogens with one attached hydrogen (secondary N) is 1. The predicted octanol–water partition coefficient (Wildman–Crippen LogP) is 2.22. The summed E-state index contributed by atoms with van der Waals surface area (Å²) in [5, 5.41) is 9.18. The van der Waals surface area contributed by atoms with E-state index in [1.807, 2.05) is 9.58 Å². The van der Waals surface area contributed by atoms with Gasteiger partial charge in [-0.2, -0.15) is 5.10 Å². The van der Waals surface area contributed by atoms with E-state index < -0.39 is 0 Å². The molecule has 0 bridgehead atoms. The van der Waals surface area contributed by atoms with Gasteiger partial charge >= 0.3 is 0 Å². The van der Waals surface area contributed by atoms with Crippen molar-refractivity contribution >= 4 is 22.8 Å². The number of fused-ring (bicyclic) bond motifs is 1. The maximum absolute atomic E-state index is 12.2. The lowest BCUT2D eigenvalue weighted by molar-refractivity contribution is -0.127. The van der Waals surface area contributed by atoms with Gasteiger partial charge in [0, 0.05) is 50.9 Å². The van der Waals surface area contributed by atoms with Gasteiger partial charge in [0.2, 0.25) is 5.91 Å². The highest BCUT2D eigenvalue weighted by molar-refractivity contribution is 5.98. The molecule has 178 valence electrons. The van der Waals surface area contributed by atoms with Crippen molar-refractivity contribution < 1.29 is 4.79 Å². The van der Waals surface area contributed by atoms with Gasteiger partial charge in [-0.05, 0) is 31.4 Å². The molecular formula is C25H32N8O. The van der Waals surface area contributed by atoms with Gasteiger partial charge in [0.05, 0.1) is 11.4 Å². The van der Waals surface area contributed by atoms with E-state index in [9.17, 15) is 4.79 Å². The molecule has 1 amide bonds. The Bertz CT molecular complexity index is 1190. The fourth-order valence-electron chi connectivity index (χ4n) is 5.06. The standard InChI is InChI=1S/C25H32N8O/c1-3-21(34)32-11-4-5-20(15-32)33-25-22(24(26)28-16-29-25)23(30-33)19-8-6-18(7-9-19)14-31-12-10-27-13-17(31)2/h3,6-9,16-17,20,27H,1,4-5,10-15H2,2H3,(H2,26,28,29)/t17?,20-/m1/s1. The van der Waals surface area contributed by atoms with Crippen LogP contribution in [0.1, 0.15) is 31.4 Å². The third kappa shape index (κ3) is 4.28. The first-order valence-electron chi connectivity index (χ1n) is 12.0. The molecule has 2 saturated heterocycles. The highest BCUT2D eigenvalue weighted by Gasteiger charge is 2.28. The number of carbonyl (C=O) groups is 1. The summed E-state index contributed by atoms with van der Waals surface area (Å²) in [6, 6.07) is 9.09. The molecule has 9 heteroatoms. The van der Waals surface area contributed by atoms with E-state index in [0.29, 0.717) is 24.1 Å². The van der Waals surface area contributed by atoms with Crippen LogP contribution in [0.5, 0.6) is 0 Å². The van der Waals surface area contributed by atoms with Crippen molar-refractivity contribution in [2.24, 2.45) is 0 Å². The molecule has 1 unspecified atom stereocenters. The SMILES string of the molecule is C=CC(=O)N1CCC[C@@H](n2nc(-c3ccc(CN4CCNCC4C)cc3)c3c(N)ncnc32)C1. The monoisotopic (exact) mass is 460 g/mol.